The van der Waals surface area contributed by atoms with Gasteiger partial charge in [0.2, 0.25) is 0 Å². The van der Waals surface area contributed by atoms with Crippen molar-refractivity contribution in [2.45, 2.75) is 57.7 Å². The second-order valence-electron chi connectivity index (χ2n) is 9.74. The molecule has 192 valence electrons. The average Bonchev–Trinajstić information content (AvgIpc) is 3.29. The molecule has 5 rings (SSSR count). The van der Waals surface area contributed by atoms with E-state index in [1.807, 2.05) is 49.2 Å². The lowest BCUT2D eigenvalue weighted by Gasteiger charge is -2.37. The van der Waals surface area contributed by atoms with Gasteiger partial charge in [-0.1, -0.05) is 41.9 Å². The van der Waals surface area contributed by atoms with Crippen molar-refractivity contribution in [3.8, 4) is 16.9 Å². The molecular formula is C30H33ClN4O2. The first-order valence-corrected chi connectivity index (χ1v) is 13.4. The van der Waals surface area contributed by atoms with Gasteiger partial charge in [0.1, 0.15) is 12.1 Å². The zero-order chi connectivity index (χ0) is 25.8. The molecular weight excluding hydrogens is 484 g/mol. The second kappa shape index (κ2) is 11.4. The van der Waals surface area contributed by atoms with E-state index in [-0.39, 0.29) is 11.9 Å². The van der Waals surface area contributed by atoms with Gasteiger partial charge in [-0.15, -0.1) is 0 Å². The van der Waals surface area contributed by atoms with E-state index in [2.05, 4.69) is 27.4 Å². The summed E-state index contributed by atoms with van der Waals surface area (Å²) in [5.74, 6) is 0.810. The van der Waals surface area contributed by atoms with Crippen LogP contribution >= 0.6 is 11.6 Å². The fourth-order valence-electron chi connectivity index (χ4n) is 5.52. The molecule has 1 heterocycles. The Kier molecular flexibility index (Phi) is 7.87. The number of aromatic nitrogens is 2. The molecule has 1 amide bonds. The zero-order valence-electron chi connectivity index (χ0n) is 21.4. The Labute approximate surface area is 223 Å². The zero-order valence-corrected chi connectivity index (χ0v) is 22.2. The minimum Gasteiger partial charge on any atom is -0.494 e. The van der Waals surface area contributed by atoms with Crippen LogP contribution in [0.1, 0.15) is 49.3 Å². The molecule has 2 aromatic carbocycles. The van der Waals surface area contributed by atoms with E-state index < -0.39 is 0 Å². The summed E-state index contributed by atoms with van der Waals surface area (Å²) in [4.78, 5) is 24.6. The van der Waals surface area contributed by atoms with Crippen molar-refractivity contribution in [3.63, 3.8) is 0 Å². The van der Waals surface area contributed by atoms with Gasteiger partial charge in [-0.05, 0) is 68.5 Å². The molecule has 37 heavy (non-hydrogen) atoms. The Balaban J connectivity index is 1.50. The van der Waals surface area contributed by atoms with E-state index >= 15 is 0 Å². The summed E-state index contributed by atoms with van der Waals surface area (Å²) in [6.07, 6.45) is 9.67. The summed E-state index contributed by atoms with van der Waals surface area (Å²) in [5, 5.41) is 3.98. The highest BCUT2D eigenvalue weighted by molar-refractivity contribution is 6.51. The normalized spacial score (nSPS) is 19.0. The van der Waals surface area contributed by atoms with E-state index in [0.717, 1.165) is 59.3 Å². The second-order valence-corrected chi connectivity index (χ2v) is 10.1. The Morgan fingerprint density at radius 2 is 1.84 bits per heavy atom. The highest BCUT2D eigenvalue weighted by Gasteiger charge is 2.34. The van der Waals surface area contributed by atoms with Crippen LogP contribution in [0, 0.1) is 0 Å². The first kappa shape index (κ1) is 25.4. The molecule has 1 saturated carbocycles. The van der Waals surface area contributed by atoms with E-state index in [4.69, 9.17) is 16.3 Å². The van der Waals surface area contributed by atoms with Crippen LogP contribution in [-0.2, 0) is 17.8 Å². The lowest BCUT2D eigenvalue weighted by Crippen LogP contribution is -2.45. The molecule has 2 aliphatic rings. The van der Waals surface area contributed by atoms with Crippen LogP contribution in [0.3, 0.4) is 0 Å². The van der Waals surface area contributed by atoms with Crippen LogP contribution in [0.4, 0.5) is 0 Å². The molecule has 0 aliphatic heterocycles. The molecule has 0 unspecified atom stereocenters. The smallest absolute Gasteiger partial charge is 0.252 e. The number of hydrogen-bond donors (Lipinski definition) is 1. The van der Waals surface area contributed by atoms with Gasteiger partial charge in [0.25, 0.3) is 5.91 Å². The summed E-state index contributed by atoms with van der Waals surface area (Å²) in [6, 6.07) is 14.8. The summed E-state index contributed by atoms with van der Waals surface area (Å²) in [5.41, 5.74) is 5.65. The fraction of sp³-hybridized carbons (Fsp3) is 0.367. The highest BCUT2D eigenvalue weighted by atomic mass is 35.5. The van der Waals surface area contributed by atoms with E-state index in [0.29, 0.717) is 36.2 Å². The molecule has 7 heteroatoms. The van der Waals surface area contributed by atoms with E-state index in [1.54, 1.807) is 12.4 Å². The monoisotopic (exact) mass is 516 g/mol. The number of carbonyl (C=O) groups is 1. The largest absolute Gasteiger partial charge is 0.494 e. The Hall–Kier alpha value is -3.22. The van der Waals surface area contributed by atoms with Gasteiger partial charge >= 0.3 is 0 Å². The molecule has 0 radical (unpaired) electrons. The number of nitrogens with one attached hydrogen (secondary N) is 1. The predicted molar refractivity (Wildman–Crippen MR) is 147 cm³/mol. The first-order valence-electron chi connectivity index (χ1n) is 13.0. The average molecular weight is 517 g/mol. The van der Waals surface area contributed by atoms with Crippen LogP contribution in [0.2, 0.25) is 0 Å². The topological polar surface area (TPSA) is 67.4 Å². The van der Waals surface area contributed by atoms with Crippen LogP contribution in [0.15, 0.2) is 66.8 Å². The highest BCUT2D eigenvalue weighted by Crippen LogP contribution is 2.38. The van der Waals surface area contributed by atoms with Crippen LogP contribution in [0.5, 0.6) is 5.75 Å². The number of benzene rings is 2. The van der Waals surface area contributed by atoms with Crippen molar-refractivity contribution in [2.75, 3.05) is 13.7 Å². The number of hydrogen-bond acceptors (Lipinski definition) is 5. The van der Waals surface area contributed by atoms with Gasteiger partial charge in [-0.25, -0.2) is 9.97 Å². The maximum Gasteiger partial charge on any atom is 0.252 e. The van der Waals surface area contributed by atoms with Gasteiger partial charge in [0.15, 0.2) is 0 Å². The summed E-state index contributed by atoms with van der Waals surface area (Å²) in [7, 11) is 2.02. The minimum atomic E-state index is 0.0185. The van der Waals surface area contributed by atoms with Crippen molar-refractivity contribution in [1.29, 1.82) is 0 Å². The van der Waals surface area contributed by atoms with Gasteiger partial charge in [0.05, 0.1) is 11.6 Å². The van der Waals surface area contributed by atoms with Crippen molar-refractivity contribution >= 4 is 22.5 Å². The van der Waals surface area contributed by atoms with E-state index in [1.165, 1.54) is 6.33 Å². The third kappa shape index (κ3) is 5.41. The Morgan fingerprint density at radius 3 is 2.54 bits per heavy atom. The number of rotatable bonds is 8. The minimum absolute atomic E-state index is 0.0185. The fourth-order valence-corrected chi connectivity index (χ4v) is 5.85. The molecule has 6 nitrogen and oxygen atoms in total. The molecule has 0 atom stereocenters. The van der Waals surface area contributed by atoms with Gasteiger partial charge in [-0.3, -0.25) is 4.79 Å². The number of halogens is 1. The van der Waals surface area contributed by atoms with Crippen molar-refractivity contribution < 1.29 is 9.53 Å². The summed E-state index contributed by atoms with van der Waals surface area (Å²) >= 11 is 6.81. The van der Waals surface area contributed by atoms with Gasteiger partial charge < -0.3 is 15.0 Å². The third-order valence-electron chi connectivity index (χ3n) is 7.55. The Morgan fingerprint density at radius 1 is 1.08 bits per heavy atom. The molecule has 1 aromatic heterocycles. The summed E-state index contributed by atoms with van der Waals surface area (Å²) < 4.78 is 6.01. The SMILES string of the molecule is CCOc1ccc(-c2cncnc2)cc1CN(C(=O)C1=C(Cl)c2ccccc2C1)[C@H]1CC[C@H](NC)CC1. The van der Waals surface area contributed by atoms with Crippen LogP contribution in [-0.4, -0.2) is 46.5 Å². The van der Waals surface area contributed by atoms with Gasteiger partial charge in [0, 0.05) is 54.1 Å². The number of fused-ring (bicyclic) bond motifs is 1. The van der Waals surface area contributed by atoms with Crippen LogP contribution < -0.4 is 10.1 Å². The summed E-state index contributed by atoms with van der Waals surface area (Å²) in [6.45, 7) is 2.98. The Bertz CT molecular complexity index is 1290. The molecule has 1 N–H and O–H groups in total. The molecule has 0 bridgehead atoms. The van der Waals surface area contributed by atoms with Crippen molar-refractivity contribution in [3.05, 3.63) is 83.4 Å². The standard InChI is InChI=1S/C30H33ClN4O2/c1-3-37-28-13-8-20(23-16-33-19-34-17-23)14-22(28)18-35(25-11-9-24(32-2)10-12-25)30(36)27-15-21-6-4-5-7-26(21)29(27)31/h4-8,13-14,16-17,19,24-25,32H,3,9-12,15,18H2,1-2H3/t24-,25-. The molecule has 0 saturated heterocycles. The number of nitrogens with zero attached hydrogens (tertiary/aromatic N) is 3. The number of carbonyl (C=O) groups excluding carboxylic acids is 1. The van der Waals surface area contributed by atoms with Crippen molar-refractivity contribution in [2.24, 2.45) is 0 Å². The molecule has 0 spiro atoms. The van der Waals surface area contributed by atoms with Crippen LogP contribution in [0.25, 0.3) is 16.2 Å². The van der Waals surface area contributed by atoms with E-state index in [9.17, 15) is 4.79 Å². The predicted octanol–water partition coefficient (Wildman–Crippen LogP) is 5.61. The lowest BCUT2D eigenvalue weighted by molar-refractivity contribution is -0.130. The number of amides is 1. The number of ether oxygens (including phenoxy) is 1. The lowest BCUT2D eigenvalue weighted by atomic mass is 9.89. The molecule has 3 aromatic rings. The quantitative estimate of drug-likeness (QED) is 0.421. The van der Waals surface area contributed by atoms with Gasteiger partial charge in [-0.2, -0.15) is 0 Å². The molecule has 2 aliphatic carbocycles. The third-order valence-corrected chi connectivity index (χ3v) is 7.98. The molecule has 1 fully saturated rings. The van der Waals surface area contributed by atoms with Crippen molar-refractivity contribution in [1.82, 2.24) is 20.2 Å². The maximum atomic E-state index is 14.2. The maximum absolute atomic E-state index is 14.2. The first-order chi connectivity index (χ1) is 18.1.